The largest absolute Gasteiger partial charge is 0.493 e. The molecule has 1 amide bonds. The van der Waals surface area contributed by atoms with Crippen LogP contribution in [0.1, 0.15) is 22.3 Å². The number of hydrogen-bond acceptors (Lipinski definition) is 6. The smallest absolute Gasteiger partial charge is 0.329 e. The van der Waals surface area contributed by atoms with Crippen molar-refractivity contribution in [3.8, 4) is 0 Å². The second kappa shape index (κ2) is 9.53. The maximum absolute atomic E-state index is 14.6. The van der Waals surface area contributed by atoms with Gasteiger partial charge in [-0.2, -0.15) is 18.2 Å². The molecule has 9 nitrogen and oxygen atoms in total. The summed E-state index contributed by atoms with van der Waals surface area (Å²) in [6.07, 6.45) is -5.25. The van der Waals surface area contributed by atoms with Crippen LogP contribution in [0.5, 0.6) is 0 Å². The normalized spacial score (nSPS) is 15.8. The van der Waals surface area contributed by atoms with E-state index in [1.807, 2.05) is 4.98 Å². The zero-order valence-electron chi connectivity index (χ0n) is 18.2. The van der Waals surface area contributed by atoms with Crippen LogP contribution in [-0.4, -0.2) is 51.8 Å². The Morgan fingerprint density at radius 2 is 1.86 bits per heavy atom. The first-order valence-corrected chi connectivity index (χ1v) is 10.5. The first-order valence-electron chi connectivity index (χ1n) is 10.5. The third-order valence-electron chi connectivity index (χ3n) is 5.56. The molecule has 1 aliphatic rings. The van der Waals surface area contributed by atoms with Gasteiger partial charge in [0.15, 0.2) is 0 Å². The summed E-state index contributed by atoms with van der Waals surface area (Å²) in [5.41, 5.74) is -2.54. The van der Waals surface area contributed by atoms with Crippen LogP contribution < -0.4 is 16.6 Å². The zero-order chi connectivity index (χ0) is 26.2. The highest BCUT2D eigenvalue weighted by molar-refractivity contribution is 5.95. The van der Waals surface area contributed by atoms with Crippen LogP contribution >= 0.6 is 0 Å². The van der Waals surface area contributed by atoms with Gasteiger partial charge in [0.2, 0.25) is 0 Å². The van der Waals surface area contributed by atoms with Gasteiger partial charge < -0.3 is 10.2 Å². The van der Waals surface area contributed by atoms with Crippen molar-refractivity contribution in [1.82, 2.24) is 19.9 Å². The Morgan fingerprint density at radius 1 is 1.11 bits per heavy atom. The van der Waals surface area contributed by atoms with Gasteiger partial charge in [0.05, 0.1) is 29.1 Å². The van der Waals surface area contributed by atoms with Gasteiger partial charge in [0.25, 0.3) is 11.5 Å². The minimum absolute atomic E-state index is 0.00249. The molecule has 0 radical (unpaired) electrons. The number of halogens is 5. The van der Waals surface area contributed by atoms with Crippen molar-refractivity contribution in [1.29, 1.82) is 0 Å². The molecular formula is C22H17F5N4O5. The number of nitrogens with zero attached hydrogens (tertiary/aromatic N) is 2. The second-order valence-corrected chi connectivity index (χ2v) is 7.95. The van der Waals surface area contributed by atoms with Gasteiger partial charge in [-0.1, -0.05) is 12.1 Å². The highest BCUT2D eigenvalue weighted by Gasteiger charge is 2.45. The van der Waals surface area contributed by atoms with Gasteiger partial charge in [-0.05, 0) is 42.8 Å². The number of carbonyl (C=O) groups excluding carboxylic acids is 2. The molecule has 1 atom stereocenters. The SMILES string of the molecule is O=C(c1cc(Cn2c(=O)[nH]c(=O)c3c(F)cccc32)ccc1F)N(OC(=O)C(F)(F)F)C1CCNC1. The molecule has 1 aliphatic heterocycles. The fourth-order valence-electron chi connectivity index (χ4n) is 3.85. The summed E-state index contributed by atoms with van der Waals surface area (Å²) in [4.78, 5) is 55.2. The summed E-state index contributed by atoms with van der Waals surface area (Å²) >= 11 is 0. The number of rotatable bonds is 4. The van der Waals surface area contributed by atoms with E-state index < -0.39 is 57.9 Å². The van der Waals surface area contributed by atoms with Gasteiger partial charge in [-0.3, -0.25) is 19.1 Å². The highest BCUT2D eigenvalue weighted by atomic mass is 19.4. The summed E-state index contributed by atoms with van der Waals surface area (Å²) < 4.78 is 68.1. The molecule has 0 bridgehead atoms. The predicted molar refractivity (Wildman–Crippen MR) is 114 cm³/mol. The Hall–Kier alpha value is -4.07. The van der Waals surface area contributed by atoms with Crippen LogP contribution in [0.15, 0.2) is 46.0 Å². The Kier molecular flexibility index (Phi) is 6.63. The van der Waals surface area contributed by atoms with E-state index in [0.717, 1.165) is 22.8 Å². The third-order valence-corrected chi connectivity index (χ3v) is 5.56. The lowest BCUT2D eigenvalue weighted by Crippen LogP contribution is -2.45. The standard InChI is InChI=1S/C22H17F5N4O5/c23-14-5-4-11(10-30-16-3-1-2-15(24)17(16)18(32)29-21(30)35)8-13(14)19(33)31(12-6-7-28-9-12)36-20(34)22(25,26)27/h1-5,8,12,28H,6-7,9-10H2,(H,29,32,35). The molecule has 0 aliphatic carbocycles. The number of H-pyrrole nitrogens is 1. The van der Waals surface area contributed by atoms with E-state index in [-0.39, 0.29) is 35.7 Å². The van der Waals surface area contributed by atoms with E-state index in [1.54, 1.807) is 0 Å². The van der Waals surface area contributed by atoms with Gasteiger partial charge in [0, 0.05) is 6.54 Å². The van der Waals surface area contributed by atoms with Crippen molar-refractivity contribution in [2.24, 2.45) is 0 Å². The number of benzene rings is 2. The first-order chi connectivity index (χ1) is 17.0. The van der Waals surface area contributed by atoms with E-state index in [2.05, 4.69) is 10.2 Å². The molecule has 4 rings (SSSR count). The van der Waals surface area contributed by atoms with Gasteiger partial charge in [-0.15, -0.1) is 0 Å². The zero-order valence-corrected chi connectivity index (χ0v) is 18.2. The third kappa shape index (κ3) is 4.84. The Labute approximate surface area is 198 Å². The lowest BCUT2D eigenvalue weighted by molar-refractivity contribution is -0.233. The number of amides is 1. The van der Waals surface area contributed by atoms with E-state index in [1.165, 1.54) is 18.2 Å². The van der Waals surface area contributed by atoms with Gasteiger partial charge >= 0.3 is 17.8 Å². The molecule has 2 aromatic carbocycles. The molecular weight excluding hydrogens is 495 g/mol. The topological polar surface area (TPSA) is 114 Å². The molecule has 2 heterocycles. The summed E-state index contributed by atoms with van der Waals surface area (Å²) in [5.74, 6) is -5.99. The fourth-order valence-corrected chi connectivity index (χ4v) is 3.85. The fraction of sp³-hybridized carbons (Fsp3) is 0.273. The van der Waals surface area contributed by atoms with Crippen molar-refractivity contribution >= 4 is 22.8 Å². The number of aromatic nitrogens is 2. The maximum Gasteiger partial charge on any atom is 0.493 e. The van der Waals surface area contributed by atoms with Crippen LogP contribution in [0.3, 0.4) is 0 Å². The average Bonchev–Trinajstić information content (AvgIpc) is 3.34. The molecule has 1 saturated heterocycles. The molecule has 2 N–H and O–H groups in total. The number of fused-ring (bicyclic) bond motifs is 1. The van der Waals surface area contributed by atoms with Crippen LogP contribution in [0.4, 0.5) is 22.0 Å². The quantitative estimate of drug-likeness (QED) is 0.408. The van der Waals surface area contributed by atoms with Crippen LogP contribution in [0.2, 0.25) is 0 Å². The number of carbonyl (C=O) groups is 2. The van der Waals surface area contributed by atoms with Gasteiger partial charge in [0.1, 0.15) is 11.6 Å². The number of alkyl halides is 3. The molecule has 1 fully saturated rings. The molecule has 190 valence electrons. The Morgan fingerprint density at radius 3 is 2.53 bits per heavy atom. The summed E-state index contributed by atoms with van der Waals surface area (Å²) in [6, 6.07) is 5.63. The number of nitrogens with one attached hydrogen (secondary N) is 2. The Balaban J connectivity index is 1.72. The first kappa shape index (κ1) is 25.0. The minimum Gasteiger partial charge on any atom is -0.329 e. The summed E-state index contributed by atoms with van der Waals surface area (Å²) in [5, 5.41) is 2.60. The second-order valence-electron chi connectivity index (χ2n) is 7.95. The molecule has 3 aromatic rings. The van der Waals surface area contributed by atoms with Crippen molar-refractivity contribution < 1.29 is 36.4 Å². The maximum atomic E-state index is 14.6. The van der Waals surface area contributed by atoms with Gasteiger partial charge in [-0.25, -0.2) is 18.4 Å². The average molecular weight is 512 g/mol. The predicted octanol–water partition coefficient (Wildman–Crippen LogP) is 1.84. The van der Waals surface area contributed by atoms with E-state index >= 15 is 0 Å². The van der Waals surface area contributed by atoms with E-state index in [9.17, 15) is 41.1 Å². The highest BCUT2D eigenvalue weighted by Crippen LogP contribution is 2.23. The number of hydrogen-bond donors (Lipinski definition) is 2. The van der Waals surface area contributed by atoms with Crippen LogP contribution in [0.25, 0.3) is 10.9 Å². The summed E-state index contributed by atoms with van der Waals surface area (Å²) in [6.45, 7) is -0.0364. The van der Waals surface area contributed by atoms with E-state index in [0.29, 0.717) is 6.54 Å². The molecule has 1 unspecified atom stereocenters. The molecule has 36 heavy (non-hydrogen) atoms. The van der Waals surface area contributed by atoms with Crippen LogP contribution in [-0.2, 0) is 16.2 Å². The molecule has 0 saturated carbocycles. The van der Waals surface area contributed by atoms with Crippen molar-refractivity contribution in [3.05, 3.63) is 80.0 Å². The number of hydroxylamine groups is 2. The Bertz CT molecular complexity index is 1460. The lowest BCUT2D eigenvalue weighted by atomic mass is 10.1. The monoisotopic (exact) mass is 512 g/mol. The van der Waals surface area contributed by atoms with E-state index in [4.69, 9.17) is 0 Å². The van der Waals surface area contributed by atoms with Crippen molar-refractivity contribution in [2.75, 3.05) is 13.1 Å². The lowest BCUT2D eigenvalue weighted by Gasteiger charge is -2.27. The number of aromatic amines is 1. The molecule has 1 aromatic heterocycles. The van der Waals surface area contributed by atoms with Crippen molar-refractivity contribution in [2.45, 2.75) is 25.2 Å². The van der Waals surface area contributed by atoms with Crippen LogP contribution in [0, 0.1) is 11.6 Å². The minimum atomic E-state index is -5.40. The summed E-state index contributed by atoms with van der Waals surface area (Å²) in [7, 11) is 0. The molecule has 0 spiro atoms. The molecule has 14 heteroatoms. The van der Waals surface area contributed by atoms with Crippen molar-refractivity contribution in [3.63, 3.8) is 0 Å².